The smallest absolute Gasteiger partial charge is 0.335 e. The number of carbonyl (C=O) groups is 2. The Bertz CT molecular complexity index is 559. The minimum Gasteiger partial charge on any atom is -0.506 e. The van der Waals surface area contributed by atoms with Crippen LogP contribution in [0.1, 0.15) is 37.0 Å². The van der Waals surface area contributed by atoms with E-state index in [-0.39, 0.29) is 29.1 Å². The van der Waals surface area contributed by atoms with Crippen LogP contribution in [0.2, 0.25) is 0 Å². The number of aromatic carboxylic acids is 1. The third-order valence-corrected chi connectivity index (χ3v) is 4.12. The number of phenolic OH excluding ortho intramolecular Hbond substituents is 1. The molecule has 0 aromatic heterocycles. The van der Waals surface area contributed by atoms with Crippen molar-refractivity contribution in [2.24, 2.45) is 5.92 Å². The van der Waals surface area contributed by atoms with E-state index in [0.717, 1.165) is 18.9 Å². The zero-order valence-corrected chi connectivity index (χ0v) is 12.2. The van der Waals surface area contributed by atoms with Crippen molar-refractivity contribution in [3.05, 3.63) is 23.8 Å². The van der Waals surface area contributed by atoms with Crippen LogP contribution in [0.4, 0.5) is 10.5 Å². The van der Waals surface area contributed by atoms with E-state index in [4.69, 9.17) is 5.11 Å². The van der Waals surface area contributed by atoms with Gasteiger partial charge in [0.1, 0.15) is 5.75 Å². The van der Waals surface area contributed by atoms with Crippen LogP contribution in [0.25, 0.3) is 0 Å². The monoisotopic (exact) mass is 292 g/mol. The molecule has 0 saturated carbocycles. The summed E-state index contributed by atoms with van der Waals surface area (Å²) in [5.74, 6) is -0.935. The van der Waals surface area contributed by atoms with E-state index >= 15 is 0 Å². The topological polar surface area (TPSA) is 89.9 Å². The first-order valence-electron chi connectivity index (χ1n) is 7.04. The Labute approximate surface area is 123 Å². The van der Waals surface area contributed by atoms with Crippen molar-refractivity contribution in [1.82, 2.24) is 4.90 Å². The maximum atomic E-state index is 12.3. The number of aromatic hydroxyl groups is 1. The van der Waals surface area contributed by atoms with Gasteiger partial charge < -0.3 is 20.4 Å². The van der Waals surface area contributed by atoms with Gasteiger partial charge in [0.05, 0.1) is 11.3 Å². The van der Waals surface area contributed by atoms with Crippen molar-refractivity contribution in [3.8, 4) is 5.75 Å². The van der Waals surface area contributed by atoms with Crippen LogP contribution in [0.3, 0.4) is 0 Å². The molecular weight excluding hydrogens is 272 g/mol. The van der Waals surface area contributed by atoms with Crippen molar-refractivity contribution in [3.63, 3.8) is 0 Å². The van der Waals surface area contributed by atoms with E-state index < -0.39 is 5.97 Å². The zero-order valence-electron chi connectivity index (χ0n) is 12.2. The number of hydrogen-bond acceptors (Lipinski definition) is 3. The molecule has 0 bridgehead atoms. The molecule has 114 valence electrons. The number of anilines is 1. The SMILES string of the molecule is CC1CCCN(C(=O)Nc2ccc(C(=O)O)cc2O)C1C. The summed E-state index contributed by atoms with van der Waals surface area (Å²) in [7, 11) is 0. The van der Waals surface area contributed by atoms with E-state index in [0.29, 0.717) is 12.5 Å². The molecule has 1 aromatic rings. The molecule has 6 nitrogen and oxygen atoms in total. The molecule has 2 rings (SSSR count). The van der Waals surface area contributed by atoms with Crippen LogP contribution in [0.5, 0.6) is 5.75 Å². The summed E-state index contributed by atoms with van der Waals surface area (Å²) in [5, 5.41) is 21.3. The quantitative estimate of drug-likeness (QED) is 0.731. The molecule has 1 aromatic carbocycles. The molecule has 1 fully saturated rings. The Morgan fingerprint density at radius 2 is 2.05 bits per heavy atom. The Morgan fingerprint density at radius 3 is 2.67 bits per heavy atom. The summed E-state index contributed by atoms with van der Waals surface area (Å²) in [6, 6.07) is 3.74. The predicted molar refractivity (Wildman–Crippen MR) is 78.7 cm³/mol. The van der Waals surface area contributed by atoms with Gasteiger partial charge in [-0.15, -0.1) is 0 Å². The highest BCUT2D eigenvalue weighted by Gasteiger charge is 2.28. The van der Waals surface area contributed by atoms with Gasteiger partial charge in [0.2, 0.25) is 0 Å². The van der Waals surface area contributed by atoms with Gasteiger partial charge in [0.15, 0.2) is 0 Å². The highest BCUT2D eigenvalue weighted by Crippen LogP contribution is 2.27. The highest BCUT2D eigenvalue weighted by molar-refractivity contribution is 5.93. The van der Waals surface area contributed by atoms with E-state index in [1.807, 2.05) is 6.92 Å². The largest absolute Gasteiger partial charge is 0.506 e. The molecule has 1 aliphatic heterocycles. The number of benzene rings is 1. The van der Waals surface area contributed by atoms with Crippen molar-refractivity contribution >= 4 is 17.7 Å². The molecule has 6 heteroatoms. The lowest BCUT2D eigenvalue weighted by atomic mass is 9.92. The second kappa shape index (κ2) is 6.03. The average Bonchev–Trinajstić information content (AvgIpc) is 2.43. The van der Waals surface area contributed by atoms with Crippen LogP contribution in [-0.2, 0) is 0 Å². The number of phenols is 1. The van der Waals surface area contributed by atoms with Gasteiger partial charge in [-0.3, -0.25) is 0 Å². The Hall–Kier alpha value is -2.24. The standard InChI is InChI=1S/C15H20N2O4/c1-9-4-3-7-17(10(9)2)15(21)16-12-6-5-11(14(19)20)8-13(12)18/h5-6,8-10,18H,3-4,7H2,1-2H3,(H,16,21)(H,19,20). The van der Waals surface area contributed by atoms with E-state index in [9.17, 15) is 14.7 Å². The maximum absolute atomic E-state index is 12.3. The van der Waals surface area contributed by atoms with E-state index in [1.165, 1.54) is 12.1 Å². The first kappa shape index (κ1) is 15.2. The van der Waals surface area contributed by atoms with Gasteiger partial charge in [-0.05, 0) is 43.9 Å². The fourth-order valence-corrected chi connectivity index (χ4v) is 2.58. The number of nitrogens with one attached hydrogen (secondary N) is 1. The lowest BCUT2D eigenvalue weighted by molar-refractivity contribution is 0.0696. The number of rotatable bonds is 2. The number of carboxylic acids is 1. The van der Waals surface area contributed by atoms with Crippen LogP contribution >= 0.6 is 0 Å². The molecule has 3 N–H and O–H groups in total. The number of piperidine rings is 1. The average molecular weight is 292 g/mol. The fraction of sp³-hybridized carbons (Fsp3) is 0.467. The second-order valence-corrected chi connectivity index (χ2v) is 5.52. The molecule has 2 atom stereocenters. The van der Waals surface area contributed by atoms with E-state index in [1.54, 1.807) is 4.90 Å². The number of nitrogens with zero attached hydrogens (tertiary/aromatic N) is 1. The summed E-state index contributed by atoms with van der Waals surface area (Å²) in [6.45, 7) is 4.81. The maximum Gasteiger partial charge on any atom is 0.335 e. The number of carboxylic acid groups (broad SMARTS) is 1. The second-order valence-electron chi connectivity index (χ2n) is 5.52. The van der Waals surface area contributed by atoms with Crippen LogP contribution < -0.4 is 5.32 Å². The molecule has 1 saturated heterocycles. The summed E-state index contributed by atoms with van der Waals surface area (Å²) >= 11 is 0. The molecular formula is C15H20N2O4. The van der Waals surface area contributed by atoms with Crippen molar-refractivity contribution in [2.75, 3.05) is 11.9 Å². The van der Waals surface area contributed by atoms with Crippen LogP contribution in [0, 0.1) is 5.92 Å². The summed E-state index contributed by atoms with van der Waals surface area (Å²) in [5.41, 5.74) is 0.195. The zero-order chi connectivity index (χ0) is 15.6. The van der Waals surface area contributed by atoms with Gasteiger partial charge in [0, 0.05) is 12.6 Å². The van der Waals surface area contributed by atoms with Crippen molar-refractivity contribution in [1.29, 1.82) is 0 Å². The first-order valence-corrected chi connectivity index (χ1v) is 7.04. The van der Waals surface area contributed by atoms with Gasteiger partial charge in [-0.2, -0.15) is 0 Å². The first-order chi connectivity index (χ1) is 9.90. The number of likely N-dealkylation sites (tertiary alicyclic amines) is 1. The van der Waals surface area contributed by atoms with Gasteiger partial charge >= 0.3 is 12.0 Å². The lowest BCUT2D eigenvalue weighted by Gasteiger charge is -2.37. The van der Waals surface area contributed by atoms with Gasteiger partial charge in [0.25, 0.3) is 0 Å². The summed E-state index contributed by atoms with van der Waals surface area (Å²) in [6.07, 6.45) is 2.06. The minimum atomic E-state index is -1.12. The van der Waals surface area contributed by atoms with Crippen molar-refractivity contribution < 1.29 is 19.8 Å². The lowest BCUT2D eigenvalue weighted by Crippen LogP contribution is -2.47. The molecule has 1 heterocycles. The molecule has 21 heavy (non-hydrogen) atoms. The third kappa shape index (κ3) is 3.26. The number of hydrogen-bond donors (Lipinski definition) is 3. The summed E-state index contributed by atoms with van der Waals surface area (Å²) < 4.78 is 0. The fourth-order valence-electron chi connectivity index (χ4n) is 2.58. The molecule has 1 aliphatic rings. The third-order valence-electron chi connectivity index (χ3n) is 4.12. The van der Waals surface area contributed by atoms with Gasteiger partial charge in [-0.25, -0.2) is 9.59 Å². The number of amides is 2. The van der Waals surface area contributed by atoms with Crippen LogP contribution in [0.15, 0.2) is 18.2 Å². The predicted octanol–water partition coefficient (Wildman–Crippen LogP) is 2.74. The Kier molecular flexibility index (Phi) is 4.35. The van der Waals surface area contributed by atoms with Crippen LogP contribution in [-0.4, -0.2) is 39.7 Å². The Morgan fingerprint density at radius 1 is 1.33 bits per heavy atom. The van der Waals surface area contributed by atoms with Gasteiger partial charge in [-0.1, -0.05) is 6.92 Å². The van der Waals surface area contributed by atoms with Crippen molar-refractivity contribution in [2.45, 2.75) is 32.7 Å². The Balaban J connectivity index is 2.10. The summed E-state index contributed by atoms with van der Waals surface area (Å²) in [4.78, 5) is 24.8. The minimum absolute atomic E-state index is 0.0227. The normalized spacial score (nSPS) is 21.9. The highest BCUT2D eigenvalue weighted by atomic mass is 16.4. The number of carbonyl (C=O) groups excluding carboxylic acids is 1. The molecule has 0 aliphatic carbocycles. The van der Waals surface area contributed by atoms with E-state index in [2.05, 4.69) is 12.2 Å². The molecule has 2 unspecified atom stereocenters. The number of urea groups is 1. The molecule has 0 spiro atoms. The molecule has 0 radical (unpaired) electrons. The molecule has 2 amide bonds.